The minimum absolute atomic E-state index is 0.198. The Bertz CT molecular complexity index is 1180. The summed E-state index contributed by atoms with van der Waals surface area (Å²) in [5.74, 6) is 0.360. The van der Waals surface area contributed by atoms with Crippen LogP contribution in [0.2, 0.25) is 0 Å². The first-order valence-corrected chi connectivity index (χ1v) is 13.0. The SMILES string of the molecule is CCN(CC)S(=O)(=O)c1ccc(NC(=O)c2ccc(OCCc3ccccc3)c(Br)c2)cc1. The van der Waals surface area contributed by atoms with Crippen LogP contribution >= 0.6 is 15.9 Å². The van der Waals surface area contributed by atoms with Gasteiger partial charge in [-0.15, -0.1) is 0 Å². The molecule has 0 atom stereocenters. The van der Waals surface area contributed by atoms with Crippen LogP contribution in [0.5, 0.6) is 5.75 Å². The number of ether oxygens (including phenoxy) is 1. The summed E-state index contributed by atoms with van der Waals surface area (Å²) >= 11 is 3.47. The van der Waals surface area contributed by atoms with E-state index >= 15 is 0 Å². The molecule has 0 heterocycles. The van der Waals surface area contributed by atoms with Gasteiger partial charge in [0.15, 0.2) is 0 Å². The van der Waals surface area contributed by atoms with E-state index in [4.69, 9.17) is 4.74 Å². The first-order valence-electron chi connectivity index (χ1n) is 10.7. The van der Waals surface area contributed by atoms with Crippen molar-refractivity contribution in [3.8, 4) is 5.75 Å². The number of carbonyl (C=O) groups excluding carboxylic acids is 1. The molecule has 0 saturated carbocycles. The zero-order chi connectivity index (χ0) is 23.8. The molecule has 33 heavy (non-hydrogen) atoms. The first kappa shape index (κ1) is 25.0. The number of benzene rings is 3. The minimum atomic E-state index is -3.53. The summed E-state index contributed by atoms with van der Waals surface area (Å²) in [7, 11) is -3.53. The molecule has 0 aliphatic heterocycles. The fourth-order valence-electron chi connectivity index (χ4n) is 3.31. The smallest absolute Gasteiger partial charge is 0.255 e. The van der Waals surface area contributed by atoms with E-state index in [0.29, 0.717) is 41.2 Å². The van der Waals surface area contributed by atoms with Crippen molar-refractivity contribution in [2.45, 2.75) is 25.2 Å². The molecule has 1 amide bonds. The van der Waals surface area contributed by atoms with Crippen LogP contribution in [-0.2, 0) is 16.4 Å². The van der Waals surface area contributed by atoms with Crippen molar-refractivity contribution in [1.82, 2.24) is 4.31 Å². The number of nitrogens with one attached hydrogen (secondary N) is 1. The van der Waals surface area contributed by atoms with E-state index in [9.17, 15) is 13.2 Å². The van der Waals surface area contributed by atoms with Gasteiger partial charge in [-0.2, -0.15) is 4.31 Å². The molecular weight excluding hydrogens is 504 g/mol. The van der Waals surface area contributed by atoms with Crippen molar-refractivity contribution in [1.29, 1.82) is 0 Å². The van der Waals surface area contributed by atoms with Gasteiger partial charge in [-0.3, -0.25) is 4.79 Å². The number of halogens is 1. The molecule has 0 bridgehead atoms. The van der Waals surface area contributed by atoms with Crippen LogP contribution in [0.15, 0.2) is 82.2 Å². The number of sulfonamides is 1. The quantitative estimate of drug-likeness (QED) is 0.383. The van der Waals surface area contributed by atoms with Crippen LogP contribution in [0.4, 0.5) is 5.69 Å². The average molecular weight is 531 g/mol. The number of nitrogens with zero attached hydrogens (tertiary/aromatic N) is 1. The lowest BCUT2D eigenvalue weighted by Crippen LogP contribution is -2.30. The molecule has 6 nitrogen and oxygen atoms in total. The largest absolute Gasteiger partial charge is 0.492 e. The molecule has 1 N–H and O–H groups in total. The Kier molecular flexibility index (Phi) is 8.66. The van der Waals surface area contributed by atoms with Gasteiger partial charge in [0.1, 0.15) is 5.75 Å². The second-order valence-electron chi connectivity index (χ2n) is 7.30. The van der Waals surface area contributed by atoms with Crippen molar-refractivity contribution < 1.29 is 17.9 Å². The highest BCUT2D eigenvalue weighted by Gasteiger charge is 2.21. The van der Waals surface area contributed by atoms with Crippen molar-refractivity contribution in [3.63, 3.8) is 0 Å². The van der Waals surface area contributed by atoms with Gasteiger partial charge in [-0.05, 0) is 64.0 Å². The normalized spacial score (nSPS) is 11.4. The molecule has 3 aromatic rings. The topological polar surface area (TPSA) is 75.7 Å². The van der Waals surface area contributed by atoms with Gasteiger partial charge >= 0.3 is 0 Å². The molecule has 3 rings (SSSR count). The Balaban J connectivity index is 1.61. The summed E-state index contributed by atoms with van der Waals surface area (Å²) in [4.78, 5) is 12.9. The third kappa shape index (κ3) is 6.43. The zero-order valence-electron chi connectivity index (χ0n) is 18.6. The molecule has 0 spiro atoms. The van der Waals surface area contributed by atoms with E-state index in [2.05, 4.69) is 33.4 Å². The van der Waals surface area contributed by atoms with Crippen LogP contribution in [0.25, 0.3) is 0 Å². The van der Waals surface area contributed by atoms with Gasteiger partial charge in [0, 0.05) is 30.8 Å². The highest BCUT2D eigenvalue weighted by atomic mass is 79.9. The molecule has 0 saturated heterocycles. The number of rotatable bonds is 10. The molecule has 0 aliphatic carbocycles. The van der Waals surface area contributed by atoms with Crippen molar-refractivity contribution >= 4 is 37.5 Å². The van der Waals surface area contributed by atoms with Crippen LogP contribution in [0.1, 0.15) is 29.8 Å². The summed E-state index contributed by atoms with van der Waals surface area (Å²) in [6, 6.07) is 21.4. The Hall–Kier alpha value is -2.68. The van der Waals surface area contributed by atoms with Gasteiger partial charge < -0.3 is 10.1 Å². The molecular formula is C25H27BrN2O4S. The van der Waals surface area contributed by atoms with E-state index in [-0.39, 0.29) is 10.8 Å². The third-order valence-corrected chi connectivity index (χ3v) is 7.82. The predicted octanol–water partition coefficient (Wildman–Crippen LogP) is 5.35. The highest BCUT2D eigenvalue weighted by Crippen LogP contribution is 2.27. The second kappa shape index (κ2) is 11.4. The first-order chi connectivity index (χ1) is 15.8. The van der Waals surface area contributed by atoms with Gasteiger partial charge in [0.05, 0.1) is 16.0 Å². The number of hydrogen-bond donors (Lipinski definition) is 1. The number of amides is 1. The Labute approximate surface area is 203 Å². The predicted molar refractivity (Wildman–Crippen MR) is 134 cm³/mol. The number of hydrogen-bond acceptors (Lipinski definition) is 4. The molecule has 0 radical (unpaired) electrons. The maximum Gasteiger partial charge on any atom is 0.255 e. The lowest BCUT2D eigenvalue weighted by atomic mass is 10.1. The van der Waals surface area contributed by atoms with Crippen LogP contribution in [0.3, 0.4) is 0 Å². The van der Waals surface area contributed by atoms with E-state index < -0.39 is 10.0 Å². The van der Waals surface area contributed by atoms with Crippen molar-refractivity contribution in [3.05, 3.63) is 88.4 Å². The van der Waals surface area contributed by atoms with Gasteiger partial charge in [0.2, 0.25) is 10.0 Å². The molecule has 3 aromatic carbocycles. The van der Waals surface area contributed by atoms with E-state index in [0.717, 1.165) is 6.42 Å². The Morgan fingerprint density at radius 1 is 0.970 bits per heavy atom. The summed E-state index contributed by atoms with van der Waals surface area (Å²) in [5, 5.41) is 2.80. The average Bonchev–Trinajstić information content (AvgIpc) is 2.81. The van der Waals surface area contributed by atoms with E-state index in [1.165, 1.54) is 22.0 Å². The van der Waals surface area contributed by atoms with Crippen LogP contribution in [0, 0.1) is 0 Å². The third-order valence-electron chi connectivity index (χ3n) is 5.14. The highest BCUT2D eigenvalue weighted by molar-refractivity contribution is 9.10. The van der Waals surface area contributed by atoms with Crippen LogP contribution in [-0.4, -0.2) is 38.3 Å². The van der Waals surface area contributed by atoms with Gasteiger partial charge in [-0.25, -0.2) is 8.42 Å². The van der Waals surface area contributed by atoms with Crippen molar-refractivity contribution in [2.75, 3.05) is 25.0 Å². The molecule has 174 valence electrons. The lowest BCUT2D eigenvalue weighted by Gasteiger charge is -2.18. The van der Waals surface area contributed by atoms with E-state index in [1.54, 1.807) is 44.2 Å². The minimum Gasteiger partial charge on any atom is -0.492 e. The monoisotopic (exact) mass is 530 g/mol. The van der Waals surface area contributed by atoms with Gasteiger partial charge in [0.25, 0.3) is 5.91 Å². The maximum atomic E-state index is 12.7. The Morgan fingerprint density at radius 2 is 1.64 bits per heavy atom. The second-order valence-corrected chi connectivity index (χ2v) is 10.1. The molecule has 0 unspecified atom stereocenters. The number of anilines is 1. The number of carbonyl (C=O) groups is 1. The summed E-state index contributed by atoms with van der Waals surface area (Å²) in [5.41, 5.74) is 2.16. The fraction of sp³-hybridized carbons (Fsp3) is 0.240. The molecule has 0 aromatic heterocycles. The van der Waals surface area contributed by atoms with Crippen LogP contribution < -0.4 is 10.1 Å². The molecule has 8 heteroatoms. The Morgan fingerprint density at radius 3 is 2.24 bits per heavy atom. The zero-order valence-corrected chi connectivity index (χ0v) is 21.0. The summed E-state index contributed by atoms with van der Waals surface area (Å²) < 4.78 is 33.1. The lowest BCUT2D eigenvalue weighted by molar-refractivity contribution is 0.102. The maximum absolute atomic E-state index is 12.7. The molecule has 0 aliphatic rings. The summed E-state index contributed by atoms with van der Waals surface area (Å²) in [6.07, 6.45) is 0.787. The van der Waals surface area contributed by atoms with Gasteiger partial charge in [-0.1, -0.05) is 44.2 Å². The fourth-order valence-corrected chi connectivity index (χ4v) is 5.26. The molecule has 0 fully saturated rings. The summed E-state index contributed by atoms with van der Waals surface area (Å²) in [6.45, 7) is 4.92. The standard InChI is InChI=1S/C25H27BrN2O4S/c1-3-28(4-2)33(30,31)22-13-11-21(12-14-22)27-25(29)20-10-15-24(23(26)18-20)32-17-16-19-8-6-5-7-9-19/h5-15,18H,3-4,16-17H2,1-2H3,(H,27,29). The van der Waals surface area contributed by atoms with E-state index in [1.807, 2.05) is 18.2 Å². The van der Waals surface area contributed by atoms with Crippen molar-refractivity contribution in [2.24, 2.45) is 0 Å².